The number of nitrogens with two attached hydrogens (primary N) is 1. The minimum atomic E-state index is 0.724. The quantitative estimate of drug-likeness (QED) is 0.705. The zero-order valence-corrected chi connectivity index (χ0v) is 12.0. The highest BCUT2D eigenvalue weighted by molar-refractivity contribution is 9.10. The minimum absolute atomic E-state index is 0.724. The lowest BCUT2D eigenvalue weighted by Gasteiger charge is -2.20. The molecule has 0 radical (unpaired) electrons. The third-order valence-corrected chi connectivity index (χ3v) is 3.67. The summed E-state index contributed by atoms with van der Waals surface area (Å²) in [5, 5.41) is 1.08. The number of nitrogens with zero attached hydrogens (tertiary/aromatic N) is 1. The van der Waals surface area contributed by atoms with Gasteiger partial charge >= 0.3 is 0 Å². The van der Waals surface area contributed by atoms with Gasteiger partial charge in [-0.05, 0) is 30.3 Å². The van der Waals surface area contributed by atoms with Crippen LogP contribution in [0.2, 0.25) is 0 Å². The van der Waals surface area contributed by atoms with Gasteiger partial charge in [-0.25, -0.2) is 0 Å². The van der Waals surface area contributed by atoms with Crippen LogP contribution in [-0.4, -0.2) is 7.05 Å². The summed E-state index contributed by atoms with van der Waals surface area (Å²) in [6.07, 6.45) is 1.76. The van der Waals surface area contributed by atoms with Gasteiger partial charge in [-0.2, -0.15) is 0 Å². The lowest BCUT2D eigenvalue weighted by atomic mass is 10.2. The third-order valence-electron chi connectivity index (χ3n) is 3.17. The second-order valence-electron chi connectivity index (χ2n) is 4.38. The van der Waals surface area contributed by atoms with Crippen molar-refractivity contribution in [3.63, 3.8) is 0 Å². The Hall–Kier alpha value is -1.94. The molecule has 1 heterocycles. The van der Waals surface area contributed by atoms with Gasteiger partial charge in [0.05, 0.1) is 17.1 Å². The molecule has 0 amide bonds. The van der Waals surface area contributed by atoms with Crippen LogP contribution in [0.5, 0.6) is 0 Å². The summed E-state index contributed by atoms with van der Waals surface area (Å²) < 4.78 is 6.53. The summed E-state index contributed by atoms with van der Waals surface area (Å²) in [4.78, 5) is 2.04. The molecule has 0 aliphatic heterocycles. The average molecular weight is 317 g/mol. The Morgan fingerprint density at radius 1 is 1.11 bits per heavy atom. The van der Waals surface area contributed by atoms with Gasteiger partial charge < -0.3 is 15.1 Å². The van der Waals surface area contributed by atoms with E-state index in [9.17, 15) is 0 Å². The number of halogens is 1. The first-order valence-corrected chi connectivity index (χ1v) is 6.71. The van der Waals surface area contributed by atoms with Crippen LogP contribution in [0.4, 0.5) is 17.1 Å². The van der Waals surface area contributed by atoms with E-state index >= 15 is 0 Å². The van der Waals surface area contributed by atoms with Gasteiger partial charge in [0.2, 0.25) is 0 Å². The monoisotopic (exact) mass is 316 g/mol. The number of rotatable bonds is 2. The van der Waals surface area contributed by atoms with Gasteiger partial charge in [-0.3, -0.25) is 0 Å². The summed E-state index contributed by atoms with van der Waals surface area (Å²) in [7, 11) is 1.98. The van der Waals surface area contributed by atoms with Crippen LogP contribution in [0.3, 0.4) is 0 Å². The molecule has 0 spiro atoms. The fourth-order valence-corrected chi connectivity index (χ4v) is 2.56. The maximum absolute atomic E-state index is 6.07. The van der Waals surface area contributed by atoms with Gasteiger partial charge in [0.25, 0.3) is 0 Å². The van der Waals surface area contributed by atoms with Crippen molar-refractivity contribution in [2.45, 2.75) is 0 Å². The molecule has 0 saturated carbocycles. The summed E-state index contributed by atoms with van der Waals surface area (Å²) in [5.41, 5.74) is 9.63. The van der Waals surface area contributed by atoms with Crippen LogP contribution in [0.1, 0.15) is 0 Å². The fraction of sp³-hybridized carbons (Fsp3) is 0.0667. The Balaban J connectivity index is 2.10. The van der Waals surface area contributed by atoms with Crippen molar-refractivity contribution < 1.29 is 4.42 Å². The SMILES string of the molecule is CN(c1ccc(Br)cc1N)c1coc2ccccc12. The second-order valence-corrected chi connectivity index (χ2v) is 5.29. The highest BCUT2D eigenvalue weighted by atomic mass is 79.9. The first-order valence-electron chi connectivity index (χ1n) is 5.92. The standard InChI is InChI=1S/C15H13BrN2O/c1-18(13-7-6-10(16)8-12(13)17)14-9-19-15-5-3-2-4-11(14)15/h2-9H,17H2,1H3. The zero-order valence-electron chi connectivity index (χ0n) is 10.4. The van der Waals surface area contributed by atoms with Gasteiger partial charge in [-0.1, -0.05) is 28.1 Å². The maximum Gasteiger partial charge on any atom is 0.136 e. The number of hydrogen-bond donors (Lipinski definition) is 1. The number of para-hydroxylation sites is 1. The molecule has 96 valence electrons. The van der Waals surface area contributed by atoms with Crippen LogP contribution >= 0.6 is 15.9 Å². The predicted octanol–water partition coefficient (Wildman–Crippen LogP) is 4.55. The fourth-order valence-electron chi connectivity index (χ4n) is 2.18. The van der Waals surface area contributed by atoms with E-state index in [1.807, 2.05) is 54.4 Å². The molecule has 0 fully saturated rings. The molecule has 0 aliphatic carbocycles. The van der Waals surface area contributed by atoms with Crippen LogP contribution in [-0.2, 0) is 0 Å². The molecule has 2 N–H and O–H groups in total. The molecule has 2 aromatic carbocycles. The van der Waals surface area contributed by atoms with Crippen molar-refractivity contribution in [3.8, 4) is 0 Å². The first-order chi connectivity index (χ1) is 9.16. The van der Waals surface area contributed by atoms with Crippen LogP contribution in [0.15, 0.2) is 57.6 Å². The topological polar surface area (TPSA) is 42.4 Å². The molecule has 0 saturated heterocycles. The maximum atomic E-state index is 6.07. The third kappa shape index (κ3) is 2.08. The molecule has 0 bridgehead atoms. The van der Waals surface area contributed by atoms with Crippen LogP contribution in [0, 0.1) is 0 Å². The van der Waals surface area contributed by atoms with Crippen LogP contribution in [0.25, 0.3) is 11.0 Å². The Kier molecular flexibility index (Phi) is 2.95. The Morgan fingerprint density at radius 3 is 2.68 bits per heavy atom. The molecule has 3 nitrogen and oxygen atoms in total. The summed E-state index contributed by atoms with van der Waals surface area (Å²) in [6, 6.07) is 13.8. The Bertz CT molecular complexity index is 736. The summed E-state index contributed by atoms with van der Waals surface area (Å²) >= 11 is 3.42. The smallest absolute Gasteiger partial charge is 0.136 e. The predicted molar refractivity (Wildman–Crippen MR) is 82.8 cm³/mol. The number of benzene rings is 2. The molecule has 1 aromatic heterocycles. The second kappa shape index (κ2) is 4.63. The summed E-state index contributed by atoms with van der Waals surface area (Å²) in [5.74, 6) is 0. The molecule has 0 atom stereocenters. The Morgan fingerprint density at radius 2 is 1.89 bits per heavy atom. The van der Waals surface area contributed by atoms with Crippen LogP contribution < -0.4 is 10.6 Å². The van der Waals surface area contributed by atoms with E-state index < -0.39 is 0 Å². The van der Waals surface area contributed by atoms with E-state index in [1.165, 1.54) is 0 Å². The largest absolute Gasteiger partial charge is 0.462 e. The highest BCUT2D eigenvalue weighted by Gasteiger charge is 2.13. The highest BCUT2D eigenvalue weighted by Crippen LogP contribution is 2.36. The van der Waals surface area contributed by atoms with Crippen molar-refractivity contribution >= 4 is 44.0 Å². The van der Waals surface area contributed by atoms with Crippen molar-refractivity contribution in [3.05, 3.63) is 53.2 Å². The van der Waals surface area contributed by atoms with E-state index in [-0.39, 0.29) is 0 Å². The number of nitrogen functional groups attached to an aromatic ring is 1. The van der Waals surface area contributed by atoms with Crippen molar-refractivity contribution in [2.75, 3.05) is 17.7 Å². The molecule has 0 aliphatic rings. The molecule has 0 unspecified atom stereocenters. The zero-order chi connectivity index (χ0) is 13.4. The number of furan rings is 1. The van der Waals surface area contributed by atoms with Crippen molar-refractivity contribution in [1.29, 1.82) is 0 Å². The molecule has 4 heteroatoms. The van der Waals surface area contributed by atoms with E-state index in [4.69, 9.17) is 10.2 Å². The first kappa shape index (κ1) is 12.1. The molecule has 3 rings (SSSR count). The molecule has 19 heavy (non-hydrogen) atoms. The van der Waals surface area contributed by atoms with Gasteiger partial charge in [-0.15, -0.1) is 0 Å². The van der Waals surface area contributed by atoms with E-state index in [2.05, 4.69) is 15.9 Å². The van der Waals surface area contributed by atoms with Crippen molar-refractivity contribution in [2.24, 2.45) is 0 Å². The minimum Gasteiger partial charge on any atom is -0.462 e. The molecular weight excluding hydrogens is 304 g/mol. The van der Waals surface area contributed by atoms with Gasteiger partial charge in [0, 0.05) is 16.9 Å². The molecular formula is C15H13BrN2O. The molecule has 3 aromatic rings. The van der Waals surface area contributed by atoms with E-state index in [0.717, 1.165) is 32.5 Å². The number of fused-ring (bicyclic) bond motifs is 1. The van der Waals surface area contributed by atoms with Crippen molar-refractivity contribution in [1.82, 2.24) is 0 Å². The van der Waals surface area contributed by atoms with E-state index in [0.29, 0.717) is 0 Å². The normalized spacial score (nSPS) is 10.8. The Labute approximate surface area is 119 Å². The lowest BCUT2D eigenvalue weighted by molar-refractivity contribution is 0.616. The number of anilines is 3. The number of hydrogen-bond acceptors (Lipinski definition) is 3. The lowest BCUT2D eigenvalue weighted by Crippen LogP contribution is -2.11. The van der Waals surface area contributed by atoms with Gasteiger partial charge in [0.15, 0.2) is 0 Å². The van der Waals surface area contributed by atoms with E-state index in [1.54, 1.807) is 6.26 Å². The average Bonchev–Trinajstić information content (AvgIpc) is 2.82. The summed E-state index contributed by atoms with van der Waals surface area (Å²) in [6.45, 7) is 0. The van der Waals surface area contributed by atoms with Gasteiger partial charge in [0.1, 0.15) is 11.8 Å².